The summed E-state index contributed by atoms with van der Waals surface area (Å²) < 4.78 is 9.04. The van der Waals surface area contributed by atoms with Crippen LogP contribution in [0, 0.1) is 16.0 Å². The first-order valence-electron chi connectivity index (χ1n) is 5.49. The number of halogens is 1. The van der Waals surface area contributed by atoms with Crippen molar-refractivity contribution in [2.24, 2.45) is 5.92 Å². The normalized spacial score (nSPS) is 10.2. The predicted octanol–water partition coefficient (Wildman–Crippen LogP) is 1.75. The number of ether oxygens (including phenoxy) is 2. The van der Waals surface area contributed by atoms with E-state index in [4.69, 9.17) is 11.6 Å². The van der Waals surface area contributed by atoms with Crippen molar-refractivity contribution < 1.29 is 24.0 Å². The van der Waals surface area contributed by atoms with Crippen molar-refractivity contribution in [3.05, 3.63) is 38.9 Å². The summed E-state index contributed by atoms with van der Waals surface area (Å²) in [7, 11) is 2.30. The molecule has 0 amide bonds. The van der Waals surface area contributed by atoms with Crippen molar-refractivity contribution in [3.8, 4) is 0 Å². The molecule has 0 saturated heterocycles. The Morgan fingerprint density at radius 1 is 1.30 bits per heavy atom. The van der Waals surface area contributed by atoms with E-state index >= 15 is 0 Å². The second-order valence-corrected chi connectivity index (χ2v) is 4.24. The summed E-state index contributed by atoms with van der Waals surface area (Å²) in [5.74, 6) is -2.68. The third kappa shape index (κ3) is 3.67. The van der Waals surface area contributed by atoms with E-state index in [1.54, 1.807) is 0 Å². The average molecular weight is 302 g/mol. The molecule has 0 atom stereocenters. The third-order valence-corrected chi connectivity index (χ3v) is 2.99. The number of nitrogens with zero attached hydrogens (tertiary/aromatic N) is 1. The smallest absolute Gasteiger partial charge is 0.320 e. The molecule has 8 heteroatoms. The van der Waals surface area contributed by atoms with Crippen molar-refractivity contribution in [2.45, 2.75) is 6.42 Å². The Morgan fingerprint density at radius 2 is 1.85 bits per heavy atom. The number of hydrogen-bond donors (Lipinski definition) is 0. The molecule has 0 heterocycles. The molecule has 1 aromatic carbocycles. The third-order valence-electron chi connectivity index (χ3n) is 2.64. The highest BCUT2D eigenvalue weighted by atomic mass is 35.5. The van der Waals surface area contributed by atoms with Gasteiger partial charge >= 0.3 is 11.9 Å². The van der Waals surface area contributed by atoms with Gasteiger partial charge in [-0.05, 0) is 12.0 Å². The molecule has 0 radical (unpaired) electrons. The summed E-state index contributed by atoms with van der Waals surface area (Å²) in [6.07, 6.45) is -0.0594. The quantitative estimate of drug-likeness (QED) is 0.356. The Balaban J connectivity index is 3.02. The van der Waals surface area contributed by atoms with Crippen molar-refractivity contribution in [1.29, 1.82) is 0 Å². The predicted molar refractivity (Wildman–Crippen MR) is 69.3 cm³/mol. The van der Waals surface area contributed by atoms with Crippen molar-refractivity contribution >= 4 is 29.2 Å². The minimum Gasteiger partial charge on any atom is -0.468 e. The van der Waals surface area contributed by atoms with Crippen LogP contribution >= 0.6 is 11.6 Å². The highest BCUT2D eigenvalue weighted by molar-refractivity contribution is 6.31. The van der Waals surface area contributed by atoms with E-state index in [9.17, 15) is 19.7 Å². The first-order valence-corrected chi connectivity index (χ1v) is 5.87. The van der Waals surface area contributed by atoms with Crippen LogP contribution in [0.1, 0.15) is 5.56 Å². The van der Waals surface area contributed by atoms with Crippen LogP contribution in [0.5, 0.6) is 0 Å². The summed E-state index contributed by atoms with van der Waals surface area (Å²) in [5.41, 5.74) is 0.240. The van der Waals surface area contributed by atoms with Gasteiger partial charge in [-0.1, -0.05) is 17.7 Å². The van der Waals surface area contributed by atoms with Gasteiger partial charge in [-0.25, -0.2) is 0 Å². The molecule has 0 aliphatic carbocycles. The summed E-state index contributed by atoms with van der Waals surface area (Å²) in [4.78, 5) is 33.1. The zero-order valence-corrected chi connectivity index (χ0v) is 11.5. The molecule has 0 unspecified atom stereocenters. The Kier molecular flexibility index (Phi) is 5.45. The van der Waals surface area contributed by atoms with Crippen LogP contribution in [0.3, 0.4) is 0 Å². The highest BCUT2D eigenvalue weighted by Gasteiger charge is 2.29. The van der Waals surface area contributed by atoms with Crippen LogP contribution < -0.4 is 0 Å². The molecular weight excluding hydrogens is 290 g/mol. The number of methoxy groups -OCH3 is 2. The van der Waals surface area contributed by atoms with Crippen LogP contribution in [-0.2, 0) is 25.5 Å². The molecule has 0 spiro atoms. The number of hydrogen-bond acceptors (Lipinski definition) is 6. The van der Waals surface area contributed by atoms with Gasteiger partial charge in [-0.2, -0.15) is 0 Å². The molecule has 0 aliphatic heterocycles. The minimum absolute atomic E-state index is 0.0594. The molecule has 0 fully saturated rings. The largest absolute Gasteiger partial charge is 0.468 e. The molecule has 0 N–H and O–H groups in total. The fraction of sp³-hybridized carbons (Fsp3) is 0.333. The first kappa shape index (κ1) is 15.9. The lowest BCUT2D eigenvalue weighted by Crippen LogP contribution is -2.28. The number of carbonyl (C=O) groups excluding carboxylic acids is 2. The van der Waals surface area contributed by atoms with Gasteiger partial charge in [0.05, 0.1) is 24.2 Å². The van der Waals surface area contributed by atoms with E-state index in [1.165, 1.54) is 12.1 Å². The minimum atomic E-state index is -1.16. The Bertz CT molecular complexity index is 529. The number of nitro groups is 1. The number of carbonyl (C=O) groups is 2. The van der Waals surface area contributed by atoms with Gasteiger partial charge < -0.3 is 9.47 Å². The van der Waals surface area contributed by atoms with Crippen LogP contribution in [0.2, 0.25) is 5.02 Å². The second-order valence-electron chi connectivity index (χ2n) is 3.84. The first-order chi connectivity index (χ1) is 9.40. The van der Waals surface area contributed by atoms with Gasteiger partial charge in [0, 0.05) is 12.1 Å². The van der Waals surface area contributed by atoms with E-state index in [-0.39, 0.29) is 17.1 Å². The average Bonchev–Trinajstić information content (AvgIpc) is 2.44. The molecule has 108 valence electrons. The lowest BCUT2D eigenvalue weighted by atomic mass is 9.99. The number of nitro benzene ring substituents is 1. The molecule has 0 aliphatic rings. The SMILES string of the molecule is COC(=O)C(Cc1ccc([N+](=O)[O-])cc1Cl)C(=O)OC. The number of benzene rings is 1. The lowest BCUT2D eigenvalue weighted by Gasteiger charge is -2.13. The lowest BCUT2D eigenvalue weighted by molar-refractivity contribution is -0.384. The summed E-state index contributed by atoms with van der Waals surface area (Å²) >= 11 is 5.90. The molecule has 0 bridgehead atoms. The Morgan fingerprint density at radius 3 is 2.25 bits per heavy atom. The highest BCUT2D eigenvalue weighted by Crippen LogP contribution is 2.25. The molecule has 0 saturated carbocycles. The maximum atomic E-state index is 11.5. The molecule has 1 rings (SSSR count). The zero-order valence-electron chi connectivity index (χ0n) is 10.8. The Hall–Kier alpha value is -2.15. The van der Waals surface area contributed by atoms with Crippen LogP contribution in [0.15, 0.2) is 18.2 Å². The van der Waals surface area contributed by atoms with Gasteiger partial charge in [0.2, 0.25) is 0 Å². The van der Waals surface area contributed by atoms with Gasteiger partial charge in [0.1, 0.15) is 0 Å². The molecule has 0 aromatic heterocycles. The second kappa shape index (κ2) is 6.85. The molecular formula is C12H12ClNO6. The number of esters is 2. The number of rotatable bonds is 5. The van der Waals surface area contributed by atoms with Gasteiger partial charge in [-0.3, -0.25) is 19.7 Å². The van der Waals surface area contributed by atoms with Gasteiger partial charge in [0.15, 0.2) is 5.92 Å². The summed E-state index contributed by atoms with van der Waals surface area (Å²) in [5, 5.41) is 10.7. The van der Waals surface area contributed by atoms with Crippen LogP contribution in [0.4, 0.5) is 5.69 Å². The van der Waals surface area contributed by atoms with Gasteiger partial charge in [-0.15, -0.1) is 0 Å². The fourth-order valence-corrected chi connectivity index (χ4v) is 1.83. The van der Waals surface area contributed by atoms with Crippen LogP contribution in [-0.4, -0.2) is 31.1 Å². The van der Waals surface area contributed by atoms with E-state index < -0.39 is 22.8 Å². The summed E-state index contributed by atoms with van der Waals surface area (Å²) in [6, 6.07) is 3.79. The monoisotopic (exact) mass is 301 g/mol. The summed E-state index contributed by atoms with van der Waals surface area (Å²) in [6.45, 7) is 0. The van der Waals surface area contributed by atoms with E-state index in [1.807, 2.05) is 0 Å². The van der Waals surface area contributed by atoms with Crippen LogP contribution in [0.25, 0.3) is 0 Å². The van der Waals surface area contributed by atoms with E-state index in [0.29, 0.717) is 5.56 Å². The van der Waals surface area contributed by atoms with E-state index in [2.05, 4.69) is 9.47 Å². The van der Waals surface area contributed by atoms with Crippen molar-refractivity contribution in [1.82, 2.24) is 0 Å². The maximum Gasteiger partial charge on any atom is 0.320 e. The van der Waals surface area contributed by atoms with E-state index in [0.717, 1.165) is 20.3 Å². The van der Waals surface area contributed by atoms with Crippen molar-refractivity contribution in [2.75, 3.05) is 14.2 Å². The standard InChI is InChI=1S/C12H12ClNO6/c1-19-11(15)9(12(16)20-2)5-7-3-4-8(14(17)18)6-10(7)13/h3-4,6,9H,5H2,1-2H3. The zero-order chi connectivity index (χ0) is 15.3. The van der Waals surface area contributed by atoms with Crippen molar-refractivity contribution in [3.63, 3.8) is 0 Å². The molecule has 1 aromatic rings. The topological polar surface area (TPSA) is 95.7 Å². The maximum absolute atomic E-state index is 11.5. The molecule has 20 heavy (non-hydrogen) atoms. The Labute approximate surface area is 119 Å². The van der Waals surface area contributed by atoms with Gasteiger partial charge in [0.25, 0.3) is 5.69 Å². The molecule has 7 nitrogen and oxygen atoms in total. The number of non-ortho nitro benzene ring substituents is 1. The fourth-order valence-electron chi connectivity index (χ4n) is 1.58.